The van der Waals surface area contributed by atoms with Gasteiger partial charge in [-0.3, -0.25) is 0 Å². The van der Waals surface area contributed by atoms with Crippen LogP contribution in [0.4, 0.5) is 87.8 Å². The fraction of sp³-hybridized carbons (Fsp3) is 0.333. The molecule has 5 aromatic carbocycles. The van der Waals surface area contributed by atoms with E-state index in [2.05, 4.69) is 15.9 Å². The molecule has 0 radical (unpaired) electrons. The zero-order valence-electron chi connectivity index (χ0n) is 34.5. The van der Waals surface area contributed by atoms with E-state index in [0.29, 0.717) is 12.8 Å². The molecule has 0 aliphatic heterocycles. The molecule has 23 heteroatoms. The Kier molecular flexibility index (Phi) is 13.3. The van der Waals surface area contributed by atoms with Gasteiger partial charge in [0.25, 0.3) is 0 Å². The average molecular weight is 1060 g/mol. The summed E-state index contributed by atoms with van der Waals surface area (Å²) in [6.45, 7) is 0. The van der Waals surface area contributed by atoms with E-state index in [1.807, 2.05) is 0 Å². The molecule has 356 valence electrons. The van der Waals surface area contributed by atoms with Gasteiger partial charge in [0.05, 0.1) is 4.47 Å². The molecule has 0 unspecified atom stereocenters. The van der Waals surface area contributed by atoms with E-state index in [9.17, 15) is 17.6 Å². The first-order chi connectivity index (χ1) is 31.5. The van der Waals surface area contributed by atoms with Crippen molar-refractivity contribution in [2.75, 3.05) is 0 Å². The predicted molar refractivity (Wildman–Crippen MR) is 203 cm³/mol. The third kappa shape index (κ3) is 7.60. The number of rotatable bonds is 9. The van der Waals surface area contributed by atoms with Crippen LogP contribution in [0.3, 0.4) is 0 Å². The molecule has 5 aromatic rings. The summed E-state index contributed by atoms with van der Waals surface area (Å²) in [7, 11) is 0. The summed E-state index contributed by atoms with van der Waals surface area (Å²) in [5.74, 6) is -54.7. The summed E-state index contributed by atoms with van der Waals surface area (Å²) in [4.78, 5) is 0. The SMILES string of the molecule is Fc1c(F)c(C2CC2)c(F)c(F)c1Br.Fc1c(F)c([B-](c2c(F)c(F)c(C3CC3)c(F)c2F)(c2c(F)c(F)c(C3CC3)c(F)c2F)c2c(F)c(F)c(C3CC3)c(F)c2F)c(F)c(F)c1C1CC1.[Na+]. The van der Waals surface area contributed by atoms with Crippen molar-refractivity contribution in [3.63, 3.8) is 0 Å². The number of hydrogen-bond acceptors (Lipinski definition) is 0. The van der Waals surface area contributed by atoms with Gasteiger partial charge in [0.15, 0.2) is 69.8 Å². The van der Waals surface area contributed by atoms with Crippen LogP contribution < -0.4 is 51.4 Å². The first-order valence-corrected chi connectivity index (χ1v) is 21.4. The normalized spacial score (nSPS) is 17.1. The molecule has 0 aromatic heterocycles. The molecule has 5 saturated carbocycles. The van der Waals surface area contributed by atoms with Crippen molar-refractivity contribution in [3.8, 4) is 0 Å². The van der Waals surface area contributed by atoms with E-state index in [4.69, 9.17) is 0 Å². The van der Waals surface area contributed by atoms with Crippen molar-refractivity contribution in [2.45, 2.75) is 93.8 Å². The van der Waals surface area contributed by atoms with E-state index in [-0.39, 0.29) is 86.8 Å². The van der Waals surface area contributed by atoms with Gasteiger partial charge in [0.2, 0.25) is 0 Å². The topological polar surface area (TPSA) is 0 Å². The van der Waals surface area contributed by atoms with Crippen LogP contribution in [0.5, 0.6) is 0 Å². The standard InChI is InChI=1S/C36H20BF16.C9H5BrF4.Na/c38-21-13(9-1-2-9)22(39)30(47)17(29(21)46)37(18-31(48)23(40)14(10-3-4-10)24(41)32(18)49,19-33(50)25(42)15(11-5-6-11)26(43)34(19)51)20-35(52)27(44)16(12-7-8-12)28(45)36(20)53;10-5-8(13)6(11)4(3-1-2-3)7(12)9(5)14;/h9-12H,1-8H2;3H,1-2H2;/q-1;;+1. The van der Waals surface area contributed by atoms with Crippen molar-refractivity contribution in [2.24, 2.45) is 0 Å². The summed E-state index contributed by atoms with van der Waals surface area (Å²) in [6, 6.07) is 0. The van der Waals surface area contributed by atoms with Gasteiger partial charge in [-0.15, -0.1) is 21.9 Å². The Balaban J connectivity index is 0.000000356. The molecule has 5 aliphatic rings. The summed E-state index contributed by atoms with van der Waals surface area (Å²) in [5, 5.41) is 0. The third-order valence-corrected chi connectivity index (χ3v) is 13.9. The molecule has 0 bridgehead atoms. The smallest absolute Gasteiger partial charge is 0.207 e. The maximum Gasteiger partial charge on any atom is 1.00 e. The van der Waals surface area contributed by atoms with Gasteiger partial charge in [-0.1, -0.05) is 0 Å². The molecule has 0 saturated heterocycles. The summed E-state index contributed by atoms with van der Waals surface area (Å²) >= 11 is 2.45. The van der Waals surface area contributed by atoms with E-state index in [0.717, 1.165) is 0 Å². The zero-order valence-corrected chi connectivity index (χ0v) is 38.1. The Hall–Kier alpha value is -3.76. The summed E-state index contributed by atoms with van der Waals surface area (Å²) in [6.07, 6.45) is -6.44. The van der Waals surface area contributed by atoms with Crippen LogP contribution in [0.2, 0.25) is 0 Å². The molecule has 0 nitrogen and oxygen atoms in total. The fourth-order valence-electron chi connectivity index (χ4n) is 9.32. The van der Waals surface area contributed by atoms with Gasteiger partial charge in [-0.05, 0) is 110 Å². The first-order valence-electron chi connectivity index (χ1n) is 20.6. The minimum Gasteiger partial charge on any atom is -0.207 e. The van der Waals surface area contributed by atoms with Gasteiger partial charge >= 0.3 is 29.6 Å². The van der Waals surface area contributed by atoms with Gasteiger partial charge in [0.1, 0.15) is 52.7 Å². The van der Waals surface area contributed by atoms with Gasteiger partial charge < -0.3 is 0 Å². The summed E-state index contributed by atoms with van der Waals surface area (Å²) in [5.41, 5.74) is -17.7. The molecular formula is C45H25BBrF20Na. The predicted octanol–water partition coefficient (Wildman–Crippen LogP) is 9.69. The number of halogens is 21. The van der Waals surface area contributed by atoms with Crippen LogP contribution >= 0.6 is 15.9 Å². The minimum atomic E-state index is -6.56. The van der Waals surface area contributed by atoms with Crippen LogP contribution in [0.25, 0.3) is 0 Å². The van der Waals surface area contributed by atoms with Crippen LogP contribution in [-0.4, -0.2) is 6.15 Å². The second-order valence-corrected chi connectivity index (χ2v) is 18.3. The molecule has 0 atom stereocenters. The number of hydrogen-bond donors (Lipinski definition) is 0. The van der Waals surface area contributed by atoms with Crippen LogP contribution in [0.15, 0.2) is 4.47 Å². The van der Waals surface area contributed by atoms with Crippen molar-refractivity contribution < 1.29 is 117 Å². The summed E-state index contributed by atoms with van der Waals surface area (Å²) < 4.78 is 312. The van der Waals surface area contributed by atoms with Gasteiger partial charge in [-0.25, -0.2) is 87.8 Å². The molecule has 0 heterocycles. The van der Waals surface area contributed by atoms with E-state index in [1.165, 1.54) is 0 Å². The monoisotopic (exact) mass is 1060 g/mol. The van der Waals surface area contributed by atoms with Crippen molar-refractivity contribution in [1.82, 2.24) is 0 Å². The Morgan fingerprint density at radius 1 is 0.235 bits per heavy atom. The molecule has 0 spiro atoms. The maximum atomic E-state index is 16.6. The largest absolute Gasteiger partial charge is 1.00 e. The minimum absolute atomic E-state index is 0. The molecular weight excluding hydrogens is 1030 g/mol. The fourth-order valence-corrected chi connectivity index (χ4v) is 9.67. The Labute approximate surface area is 401 Å². The molecule has 0 N–H and O–H groups in total. The van der Waals surface area contributed by atoms with Crippen LogP contribution in [-0.2, 0) is 0 Å². The number of benzene rings is 5. The Morgan fingerprint density at radius 3 is 0.500 bits per heavy atom. The second-order valence-electron chi connectivity index (χ2n) is 17.6. The Bertz CT molecular complexity index is 2530. The second kappa shape index (κ2) is 17.8. The van der Waals surface area contributed by atoms with E-state index in [1.54, 1.807) is 0 Å². The first kappa shape index (κ1) is 50.6. The van der Waals surface area contributed by atoms with Gasteiger partial charge in [0, 0.05) is 27.8 Å². The third-order valence-electron chi connectivity index (χ3n) is 13.2. The molecule has 10 rings (SSSR count). The average Bonchev–Trinajstić information content (AvgIpc) is 4.08. The zero-order chi connectivity index (χ0) is 48.8. The van der Waals surface area contributed by atoms with E-state index >= 15 is 70.2 Å². The molecule has 68 heavy (non-hydrogen) atoms. The molecule has 5 fully saturated rings. The van der Waals surface area contributed by atoms with Gasteiger partial charge in [-0.2, -0.15) is 0 Å². The van der Waals surface area contributed by atoms with Crippen LogP contribution in [0, 0.1) is 116 Å². The van der Waals surface area contributed by atoms with Crippen molar-refractivity contribution in [1.29, 1.82) is 0 Å². The Morgan fingerprint density at radius 2 is 0.368 bits per heavy atom. The molecule has 5 aliphatic carbocycles. The quantitative estimate of drug-likeness (QED) is 0.0598. The molecule has 0 amide bonds. The van der Waals surface area contributed by atoms with E-state index < -0.39 is 200 Å². The maximum absolute atomic E-state index is 16.6. The van der Waals surface area contributed by atoms with Crippen molar-refractivity contribution in [3.05, 3.63) is 149 Å². The van der Waals surface area contributed by atoms with Crippen LogP contribution in [0.1, 0.15) is 122 Å². The van der Waals surface area contributed by atoms with Crippen molar-refractivity contribution >= 4 is 43.9 Å².